The van der Waals surface area contributed by atoms with Gasteiger partial charge in [-0.05, 0) is 25.0 Å². The highest BCUT2D eigenvalue weighted by atomic mass is 32.2. The van der Waals surface area contributed by atoms with E-state index in [0.29, 0.717) is 11.8 Å². The maximum Gasteiger partial charge on any atom is 0.304 e. The van der Waals surface area contributed by atoms with Crippen LogP contribution in [0.2, 0.25) is 0 Å². The van der Waals surface area contributed by atoms with E-state index < -0.39 is 5.97 Å². The number of hydrogen-bond acceptors (Lipinski definition) is 3. The highest BCUT2D eigenvalue weighted by Crippen LogP contribution is 2.35. The Balaban J connectivity index is 1.91. The number of rotatable bonds is 5. The molecule has 21 heavy (non-hydrogen) atoms. The van der Waals surface area contributed by atoms with Crippen molar-refractivity contribution >= 4 is 28.8 Å². The summed E-state index contributed by atoms with van der Waals surface area (Å²) in [6, 6.07) is 8.73. The van der Waals surface area contributed by atoms with Gasteiger partial charge in [-0.2, -0.15) is 0 Å². The molecule has 1 fully saturated rings. The fraction of sp³-hybridized carbons (Fsp3) is 0.500. The first-order chi connectivity index (χ1) is 10.3. The van der Waals surface area contributed by atoms with E-state index in [2.05, 4.69) is 16.7 Å². The molecule has 1 aromatic heterocycles. The second-order valence-corrected chi connectivity index (χ2v) is 6.60. The monoisotopic (exact) mass is 304 g/mol. The Morgan fingerprint density at radius 2 is 2.05 bits per heavy atom. The molecule has 4 nitrogen and oxygen atoms in total. The fourth-order valence-electron chi connectivity index (χ4n) is 3.05. The van der Waals surface area contributed by atoms with E-state index in [0.717, 1.165) is 10.7 Å². The van der Waals surface area contributed by atoms with Crippen molar-refractivity contribution in [1.29, 1.82) is 0 Å². The number of carboxylic acids is 1. The zero-order valence-corrected chi connectivity index (χ0v) is 12.8. The number of aliphatic carboxylic acids is 1. The number of imidazole rings is 1. The second kappa shape index (κ2) is 6.52. The average molecular weight is 304 g/mol. The van der Waals surface area contributed by atoms with Crippen LogP contribution in [0.5, 0.6) is 0 Å². The summed E-state index contributed by atoms with van der Waals surface area (Å²) in [5, 5.41) is 9.79. The van der Waals surface area contributed by atoms with E-state index >= 15 is 0 Å². The minimum Gasteiger partial charge on any atom is -0.481 e. The Hall–Kier alpha value is -1.49. The first-order valence-corrected chi connectivity index (χ1v) is 8.56. The number of para-hydroxylation sites is 2. The molecule has 1 aliphatic rings. The molecule has 2 aromatic rings. The van der Waals surface area contributed by atoms with Crippen molar-refractivity contribution < 1.29 is 9.90 Å². The van der Waals surface area contributed by atoms with Crippen molar-refractivity contribution in [3.05, 3.63) is 24.3 Å². The molecule has 0 spiro atoms. The van der Waals surface area contributed by atoms with E-state index in [1.165, 1.54) is 37.6 Å². The van der Waals surface area contributed by atoms with Crippen molar-refractivity contribution in [3.63, 3.8) is 0 Å². The van der Waals surface area contributed by atoms with Gasteiger partial charge >= 0.3 is 5.97 Å². The first kappa shape index (κ1) is 14.4. The molecule has 112 valence electrons. The molecule has 1 heterocycles. The summed E-state index contributed by atoms with van der Waals surface area (Å²) in [6.07, 6.45) is 6.45. The number of thioether (sulfide) groups is 1. The molecule has 0 radical (unpaired) electrons. The summed E-state index contributed by atoms with van der Waals surface area (Å²) < 4.78 is 2.35. The molecule has 0 aliphatic heterocycles. The number of hydrogen-bond donors (Lipinski definition) is 1. The van der Waals surface area contributed by atoms with Gasteiger partial charge in [-0.25, -0.2) is 4.98 Å². The minimum atomic E-state index is -0.747. The Labute approximate surface area is 128 Å². The third-order valence-corrected chi connectivity index (χ3v) is 5.00. The van der Waals surface area contributed by atoms with Crippen LogP contribution in [0, 0.1) is 0 Å². The molecule has 0 atom stereocenters. The predicted molar refractivity (Wildman–Crippen MR) is 84.8 cm³/mol. The van der Waals surface area contributed by atoms with Gasteiger partial charge < -0.3 is 9.67 Å². The highest BCUT2D eigenvalue weighted by molar-refractivity contribution is 7.99. The summed E-state index contributed by atoms with van der Waals surface area (Å²) in [7, 11) is 0. The summed E-state index contributed by atoms with van der Waals surface area (Å²) >= 11 is 1.57. The summed E-state index contributed by atoms with van der Waals surface area (Å²) in [4.78, 5) is 15.4. The van der Waals surface area contributed by atoms with Crippen molar-refractivity contribution in [2.45, 2.75) is 49.7 Å². The van der Waals surface area contributed by atoms with Crippen molar-refractivity contribution in [2.24, 2.45) is 0 Å². The number of carboxylic acid groups (broad SMARTS) is 1. The SMILES string of the molecule is O=C(O)CCSc1nc2ccccc2n1C1CCCCC1. The Bertz CT molecular complexity index is 632. The number of benzene rings is 1. The van der Waals surface area contributed by atoms with Crippen LogP contribution in [0.1, 0.15) is 44.6 Å². The number of carbonyl (C=O) groups is 1. The van der Waals surface area contributed by atoms with Gasteiger partial charge in [0.15, 0.2) is 5.16 Å². The van der Waals surface area contributed by atoms with E-state index in [4.69, 9.17) is 10.1 Å². The van der Waals surface area contributed by atoms with Gasteiger partial charge in [-0.15, -0.1) is 0 Å². The van der Waals surface area contributed by atoms with Gasteiger partial charge in [0, 0.05) is 11.8 Å². The molecule has 1 N–H and O–H groups in total. The lowest BCUT2D eigenvalue weighted by atomic mass is 9.95. The smallest absolute Gasteiger partial charge is 0.304 e. The zero-order valence-electron chi connectivity index (χ0n) is 12.0. The highest BCUT2D eigenvalue weighted by Gasteiger charge is 2.21. The average Bonchev–Trinajstić information content (AvgIpc) is 2.86. The lowest BCUT2D eigenvalue weighted by Crippen LogP contribution is -2.13. The summed E-state index contributed by atoms with van der Waals surface area (Å²) in [6.45, 7) is 0. The lowest BCUT2D eigenvalue weighted by Gasteiger charge is -2.25. The first-order valence-electron chi connectivity index (χ1n) is 7.57. The molecule has 0 saturated heterocycles. The van der Waals surface area contributed by atoms with Crippen LogP contribution in [-0.2, 0) is 4.79 Å². The molecular formula is C16H20N2O2S. The van der Waals surface area contributed by atoms with Crippen LogP contribution in [0.4, 0.5) is 0 Å². The Morgan fingerprint density at radius 1 is 1.29 bits per heavy atom. The number of aromatic nitrogens is 2. The maximum absolute atomic E-state index is 10.7. The van der Waals surface area contributed by atoms with E-state index in [9.17, 15) is 4.79 Å². The molecule has 1 saturated carbocycles. The molecule has 0 amide bonds. The van der Waals surface area contributed by atoms with Crippen LogP contribution < -0.4 is 0 Å². The van der Waals surface area contributed by atoms with Gasteiger partial charge in [-0.3, -0.25) is 4.79 Å². The third kappa shape index (κ3) is 3.23. The molecule has 5 heteroatoms. The van der Waals surface area contributed by atoms with Gasteiger partial charge in [0.25, 0.3) is 0 Å². The molecule has 1 aromatic carbocycles. The van der Waals surface area contributed by atoms with Crippen LogP contribution >= 0.6 is 11.8 Å². The van der Waals surface area contributed by atoms with Gasteiger partial charge in [0.2, 0.25) is 0 Å². The number of nitrogens with zero attached hydrogens (tertiary/aromatic N) is 2. The topological polar surface area (TPSA) is 55.1 Å². The van der Waals surface area contributed by atoms with Crippen molar-refractivity contribution in [1.82, 2.24) is 9.55 Å². The second-order valence-electron chi connectivity index (χ2n) is 5.54. The lowest BCUT2D eigenvalue weighted by molar-refractivity contribution is -0.136. The Morgan fingerprint density at radius 3 is 2.81 bits per heavy atom. The van der Waals surface area contributed by atoms with Crippen molar-refractivity contribution in [3.8, 4) is 0 Å². The third-order valence-electron chi connectivity index (χ3n) is 4.05. The zero-order chi connectivity index (χ0) is 14.7. The van der Waals surface area contributed by atoms with Crippen LogP contribution in [-0.4, -0.2) is 26.4 Å². The van der Waals surface area contributed by atoms with Crippen LogP contribution in [0.3, 0.4) is 0 Å². The van der Waals surface area contributed by atoms with E-state index in [1.54, 1.807) is 11.8 Å². The van der Waals surface area contributed by atoms with E-state index in [1.807, 2.05) is 12.1 Å². The normalized spacial score (nSPS) is 16.4. The summed E-state index contributed by atoms with van der Waals surface area (Å²) in [5.74, 6) is -0.173. The molecule has 0 unspecified atom stereocenters. The minimum absolute atomic E-state index is 0.179. The Kier molecular flexibility index (Phi) is 4.48. The van der Waals surface area contributed by atoms with Gasteiger partial charge in [0.1, 0.15) is 0 Å². The standard InChI is InChI=1S/C16H20N2O2S/c19-15(20)10-11-21-16-17-13-8-4-5-9-14(13)18(16)12-6-2-1-3-7-12/h4-5,8-9,12H,1-3,6-7,10-11H2,(H,19,20). The largest absolute Gasteiger partial charge is 0.481 e. The fourth-order valence-corrected chi connectivity index (χ4v) is 4.05. The predicted octanol–water partition coefficient (Wildman–Crippen LogP) is 4.11. The molecule has 1 aliphatic carbocycles. The summed E-state index contributed by atoms with van der Waals surface area (Å²) in [5.41, 5.74) is 2.20. The molecule has 3 rings (SSSR count). The van der Waals surface area contributed by atoms with Gasteiger partial charge in [-0.1, -0.05) is 43.2 Å². The molecular weight excluding hydrogens is 284 g/mol. The quantitative estimate of drug-likeness (QED) is 0.845. The van der Waals surface area contributed by atoms with Gasteiger partial charge in [0.05, 0.1) is 17.5 Å². The molecule has 0 bridgehead atoms. The van der Waals surface area contributed by atoms with Crippen molar-refractivity contribution in [2.75, 3.05) is 5.75 Å². The maximum atomic E-state index is 10.7. The van der Waals surface area contributed by atoms with Crippen LogP contribution in [0.15, 0.2) is 29.4 Å². The van der Waals surface area contributed by atoms with E-state index in [-0.39, 0.29) is 6.42 Å². The van der Waals surface area contributed by atoms with Crippen LogP contribution in [0.25, 0.3) is 11.0 Å². The number of fused-ring (bicyclic) bond motifs is 1.